The number of nitro groups is 1. The molecular formula is C14H13N3O4. The Balaban J connectivity index is 2.68. The number of rotatable bonds is 4. The van der Waals surface area contributed by atoms with Gasteiger partial charge in [0.1, 0.15) is 11.4 Å². The van der Waals surface area contributed by atoms with E-state index in [1.807, 2.05) is 19.0 Å². The van der Waals surface area contributed by atoms with E-state index in [-0.39, 0.29) is 22.7 Å². The summed E-state index contributed by atoms with van der Waals surface area (Å²) >= 11 is 0. The van der Waals surface area contributed by atoms with Gasteiger partial charge in [0.15, 0.2) is 0 Å². The molecule has 0 saturated carbocycles. The van der Waals surface area contributed by atoms with Gasteiger partial charge in [-0.15, -0.1) is 4.91 Å². The SMILES string of the molecule is CN(C)c1ccc(O)c(-c2ccc(N=O)cc2[N+](=O)[O-])c1. The minimum atomic E-state index is -0.605. The summed E-state index contributed by atoms with van der Waals surface area (Å²) in [5.41, 5.74) is 1.03. The highest BCUT2D eigenvalue weighted by Gasteiger charge is 2.19. The zero-order chi connectivity index (χ0) is 15.6. The first-order valence-electron chi connectivity index (χ1n) is 6.06. The van der Waals surface area contributed by atoms with Gasteiger partial charge in [0.25, 0.3) is 5.69 Å². The van der Waals surface area contributed by atoms with E-state index >= 15 is 0 Å². The van der Waals surface area contributed by atoms with Gasteiger partial charge in [-0.3, -0.25) is 10.1 Å². The van der Waals surface area contributed by atoms with E-state index in [0.29, 0.717) is 5.56 Å². The molecule has 0 heterocycles. The van der Waals surface area contributed by atoms with Crippen molar-refractivity contribution in [3.05, 3.63) is 51.4 Å². The molecule has 2 rings (SSSR count). The summed E-state index contributed by atoms with van der Waals surface area (Å²) in [6.45, 7) is 0. The molecule has 0 spiro atoms. The number of hydrogen-bond acceptors (Lipinski definition) is 6. The zero-order valence-electron chi connectivity index (χ0n) is 11.5. The van der Waals surface area contributed by atoms with Crippen LogP contribution >= 0.6 is 0 Å². The van der Waals surface area contributed by atoms with E-state index in [1.165, 1.54) is 18.2 Å². The van der Waals surface area contributed by atoms with Crippen molar-refractivity contribution in [3.8, 4) is 16.9 Å². The second-order valence-electron chi connectivity index (χ2n) is 4.65. The van der Waals surface area contributed by atoms with E-state index in [0.717, 1.165) is 11.8 Å². The van der Waals surface area contributed by atoms with Gasteiger partial charge in [-0.1, -0.05) is 0 Å². The highest BCUT2D eigenvalue weighted by Crippen LogP contribution is 2.39. The standard InChI is InChI=1S/C14H13N3O4/c1-16(2)10-4-6-14(18)12(8-10)11-5-3-9(15-19)7-13(11)17(20)21/h3-8,18H,1-2H3. The Hall–Kier alpha value is -2.96. The average Bonchev–Trinajstić information content (AvgIpc) is 2.46. The van der Waals surface area contributed by atoms with Crippen molar-refractivity contribution < 1.29 is 10.0 Å². The van der Waals surface area contributed by atoms with Crippen LogP contribution in [0.5, 0.6) is 5.75 Å². The molecule has 0 aromatic heterocycles. The zero-order valence-corrected chi connectivity index (χ0v) is 11.5. The molecule has 2 aromatic carbocycles. The maximum Gasteiger partial charge on any atom is 0.279 e. The van der Waals surface area contributed by atoms with E-state index in [9.17, 15) is 20.1 Å². The monoisotopic (exact) mass is 287 g/mol. The molecule has 2 aromatic rings. The van der Waals surface area contributed by atoms with Crippen LogP contribution in [0.15, 0.2) is 41.6 Å². The molecule has 7 nitrogen and oxygen atoms in total. The van der Waals surface area contributed by atoms with Gasteiger partial charge in [0.05, 0.1) is 10.5 Å². The molecule has 0 fully saturated rings. The summed E-state index contributed by atoms with van der Waals surface area (Å²) in [6.07, 6.45) is 0. The fourth-order valence-electron chi connectivity index (χ4n) is 1.97. The van der Waals surface area contributed by atoms with E-state index < -0.39 is 4.92 Å². The predicted octanol–water partition coefficient (Wildman–Crippen LogP) is 3.43. The van der Waals surface area contributed by atoms with Crippen LogP contribution in [0.25, 0.3) is 11.1 Å². The number of nitrogens with zero attached hydrogens (tertiary/aromatic N) is 3. The van der Waals surface area contributed by atoms with Gasteiger partial charge in [0.2, 0.25) is 0 Å². The number of phenols is 1. The van der Waals surface area contributed by atoms with Gasteiger partial charge in [-0.2, -0.15) is 0 Å². The van der Waals surface area contributed by atoms with Gasteiger partial charge < -0.3 is 10.0 Å². The van der Waals surface area contributed by atoms with Crippen LogP contribution in [-0.2, 0) is 0 Å². The highest BCUT2D eigenvalue weighted by atomic mass is 16.6. The van der Waals surface area contributed by atoms with Crippen LogP contribution in [0.3, 0.4) is 0 Å². The first kappa shape index (κ1) is 14.4. The second-order valence-corrected chi connectivity index (χ2v) is 4.65. The third-order valence-electron chi connectivity index (χ3n) is 3.07. The quantitative estimate of drug-likeness (QED) is 0.528. The Labute approximate surface area is 120 Å². The van der Waals surface area contributed by atoms with Crippen LogP contribution < -0.4 is 4.90 Å². The molecule has 0 amide bonds. The molecule has 0 aliphatic heterocycles. The Morgan fingerprint density at radius 2 is 1.86 bits per heavy atom. The van der Waals surface area contributed by atoms with Gasteiger partial charge >= 0.3 is 0 Å². The summed E-state index contributed by atoms with van der Waals surface area (Å²) in [4.78, 5) is 22.9. The van der Waals surface area contributed by atoms with Crippen molar-refractivity contribution in [1.82, 2.24) is 0 Å². The summed E-state index contributed by atoms with van der Waals surface area (Å²) < 4.78 is 0. The molecule has 0 atom stereocenters. The number of phenolic OH excluding ortho intramolecular Hbond substituents is 1. The summed E-state index contributed by atoms with van der Waals surface area (Å²) in [6, 6.07) is 8.68. The molecule has 108 valence electrons. The molecule has 0 radical (unpaired) electrons. The van der Waals surface area contributed by atoms with Gasteiger partial charge in [0, 0.05) is 31.4 Å². The fourth-order valence-corrected chi connectivity index (χ4v) is 1.97. The van der Waals surface area contributed by atoms with Crippen molar-refractivity contribution in [1.29, 1.82) is 0 Å². The number of hydrogen-bond donors (Lipinski definition) is 1. The summed E-state index contributed by atoms with van der Waals surface area (Å²) in [5.74, 6) is -0.0736. The Kier molecular flexibility index (Phi) is 3.84. The molecule has 21 heavy (non-hydrogen) atoms. The summed E-state index contributed by atoms with van der Waals surface area (Å²) in [5, 5.41) is 23.8. The molecule has 1 N–H and O–H groups in total. The van der Waals surface area contributed by atoms with Gasteiger partial charge in [-0.05, 0) is 35.5 Å². The number of aromatic hydroxyl groups is 1. The maximum atomic E-state index is 11.2. The minimum absolute atomic E-state index is 0.0336. The molecule has 0 saturated heterocycles. The van der Waals surface area contributed by atoms with Crippen LogP contribution in [0, 0.1) is 15.0 Å². The number of nitroso groups, excluding NO2 is 1. The molecule has 0 aliphatic rings. The van der Waals surface area contributed by atoms with E-state index in [2.05, 4.69) is 5.18 Å². The molecule has 0 unspecified atom stereocenters. The maximum absolute atomic E-state index is 11.2. The molecule has 0 bridgehead atoms. The number of benzene rings is 2. The lowest BCUT2D eigenvalue weighted by Gasteiger charge is -2.15. The smallest absolute Gasteiger partial charge is 0.279 e. The van der Waals surface area contributed by atoms with Crippen molar-refractivity contribution in [2.75, 3.05) is 19.0 Å². The molecule has 0 aliphatic carbocycles. The lowest BCUT2D eigenvalue weighted by molar-refractivity contribution is -0.384. The van der Waals surface area contributed by atoms with E-state index in [4.69, 9.17) is 0 Å². The largest absolute Gasteiger partial charge is 0.507 e. The molecule has 7 heteroatoms. The van der Waals surface area contributed by atoms with Crippen LogP contribution in [0.4, 0.5) is 17.1 Å². The summed E-state index contributed by atoms with van der Waals surface area (Å²) in [7, 11) is 3.65. The van der Waals surface area contributed by atoms with Crippen LogP contribution in [-0.4, -0.2) is 24.1 Å². The van der Waals surface area contributed by atoms with Crippen molar-refractivity contribution in [2.24, 2.45) is 5.18 Å². The second kappa shape index (κ2) is 5.58. The average molecular weight is 287 g/mol. The number of nitro benzene ring substituents is 1. The lowest BCUT2D eigenvalue weighted by atomic mass is 10.0. The predicted molar refractivity (Wildman–Crippen MR) is 80.0 cm³/mol. The minimum Gasteiger partial charge on any atom is -0.507 e. The Morgan fingerprint density at radius 3 is 2.43 bits per heavy atom. The highest BCUT2D eigenvalue weighted by molar-refractivity contribution is 5.82. The third kappa shape index (κ3) is 2.81. The normalized spacial score (nSPS) is 10.2. The van der Waals surface area contributed by atoms with Gasteiger partial charge in [-0.25, -0.2) is 0 Å². The van der Waals surface area contributed by atoms with Crippen molar-refractivity contribution in [2.45, 2.75) is 0 Å². The first-order chi connectivity index (χ1) is 9.93. The lowest BCUT2D eigenvalue weighted by Crippen LogP contribution is -2.08. The van der Waals surface area contributed by atoms with Crippen LogP contribution in [0.1, 0.15) is 0 Å². The topological polar surface area (TPSA) is 96.0 Å². The molecular weight excluding hydrogens is 274 g/mol. The van der Waals surface area contributed by atoms with E-state index in [1.54, 1.807) is 12.1 Å². The number of anilines is 1. The third-order valence-corrected chi connectivity index (χ3v) is 3.07. The van der Waals surface area contributed by atoms with Crippen molar-refractivity contribution in [3.63, 3.8) is 0 Å². The van der Waals surface area contributed by atoms with Crippen LogP contribution in [0.2, 0.25) is 0 Å². The Morgan fingerprint density at radius 1 is 1.14 bits per heavy atom. The fraction of sp³-hybridized carbons (Fsp3) is 0.143. The Bertz CT molecular complexity index is 713. The van der Waals surface area contributed by atoms with Crippen molar-refractivity contribution >= 4 is 17.1 Å². The first-order valence-corrected chi connectivity index (χ1v) is 6.06.